The summed E-state index contributed by atoms with van der Waals surface area (Å²) >= 11 is 0. The Balaban J connectivity index is 2.51. The van der Waals surface area contributed by atoms with Crippen molar-refractivity contribution in [3.05, 3.63) is 35.9 Å². The Kier molecular flexibility index (Phi) is 6.33. The molecule has 0 bridgehead atoms. The lowest BCUT2D eigenvalue weighted by Gasteiger charge is -2.25. The van der Waals surface area contributed by atoms with Crippen LogP contribution >= 0.6 is 0 Å². The summed E-state index contributed by atoms with van der Waals surface area (Å²) in [5.74, 6) is -1.51. The van der Waals surface area contributed by atoms with Crippen molar-refractivity contribution in [1.29, 1.82) is 0 Å². The van der Waals surface area contributed by atoms with Crippen LogP contribution in [0.15, 0.2) is 30.3 Å². The monoisotopic (exact) mass is 294 g/mol. The molecule has 0 saturated carbocycles. The number of carbonyl (C=O) groups is 2. The maximum Gasteiger partial charge on any atom is 0.328 e. The Bertz CT molecular complexity index is 474. The number of amides is 1. The molecule has 1 atom stereocenters. The maximum absolute atomic E-state index is 12.0. The zero-order valence-electron chi connectivity index (χ0n) is 12.6. The number of rotatable bonds is 8. The van der Waals surface area contributed by atoms with E-state index in [0.29, 0.717) is 6.61 Å². The van der Waals surface area contributed by atoms with Crippen LogP contribution in [0, 0.1) is 0 Å². The predicted octanol–water partition coefficient (Wildman–Crippen LogP) is 0.771. The van der Waals surface area contributed by atoms with Gasteiger partial charge in [0, 0.05) is 0 Å². The lowest BCUT2D eigenvalue weighted by Crippen LogP contribution is -2.56. The van der Waals surface area contributed by atoms with E-state index in [0.717, 1.165) is 5.56 Å². The number of carboxylic acids is 1. The molecule has 0 aliphatic rings. The number of hydrogen-bond acceptors (Lipinski definition) is 4. The van der Waals surface area contributed by atoms with E-state index in [1.165, 1.54) is 0 Å². The summed E-state index contributed by atoms with van der Waals surface area (Å²) in [5, 5.41) is 14.4. The van der Waals surface area contributed by atoms with Gasteiger partial charge >= 0.3 is 5.97 Å². The first-order valence-corrected chi connectivity index (χ1v) is 6.71. The predicted molar refractivity (Wildman–Crippen MR) is 78.8 cm³/mol. The van der Waals surface area contributed by atoms with E-state index in [2.05, 4.69) is 10.6 Å². The van der Waals surface area contributed by atoms with Gasteiger partial charge < -0.3 is 20.5 Å². The van der Waals surface area contributed by atoms with E-state index in [4.69, 9.17) is 9.84 Å². The molecule has 0 saturated heterocycles. The summed E-state index contributed by atoms with van der Waals surface area (Å²) in [5.41, 5.74) is 0.108. The van der Waals surface area contributed by atoms with Crippen molar-refractivity contribution in [1.82, 2.24) is 10.6 Å². The molecule has 0 heterocycles. The topological polar surface area (TPSA) is 87.7 Å². The number of benzene rings is 1. The molecule has 0 aromatic heterocycles. The lowest BCUT2D eigenvalue weighted by molar-refractivity contribution is -0.144. The Morgan fingerprint density at radius 3 is 2.43 bits per heavy atom. The quantitative estimate of drug-likeness (QED) is 0.659. The van der Waals surface area contributed by atoms with Crippen molar-refractivity contribution in [2.75, 3.05) is 13.7 Å². The van der Waals surface area contributed by atoms with Crippen LogP contribution in [0.1, 0.15) is 19.4 Å². The number of ether oxygens (including phenoxy) is 1. The lowest BCUT2D eigenvalue weighted by atomic mass is 10.0. The van der Waals surface area contributed by atoms with Gasteiger partial charge in [0.2, 0.25) is 5.91 Å². The van der Waals surface area contributed by atoms with E-state index in [-0.39, 0.29) is 12.5 Å². The van der Waals surface area contributed by atoms with Gasteiger partial charge in [-0.05, 0) is 26.5 Å². The third-order valence-corrected chi connectivity index (χ3v) is 3.19. The number of likely N-dealkylation sites (N-methyl/N-ethyl adjacent to an activating group) is 1. The molecule has 116 valence electrons. The van der Waals surface area contributed by atoms with E-state index in [9.17, 15) is 9.59 Å². The molecule has 6 nitrogen and oxygen atoms in total. The minimum absolute atomic E-state index is 0.0875. The highest BCUT2D eigenvalue weighted by atomic mass is 16.5. The summed E-state index contributed by atoms with van der Waals surface area (Å²) < 4.78 is 5.37. The van der Waals surface area contributed by atoms with Crippen molar-refractivity contribution >= 4 is 11.9 Å². The van der Waals surface area contributed by atoms with E-state index < -0.39 is 17.6 Å². The zero-order valence-corrected chi connectivity index (χ0v) is 12.6. The molecule has 1 rings (SSSR count). The fourth-order valence-electron chi connectivity index (χ4n) is 1.50. The van der Waals surface area contributed by atoms with Crippen LogP contribution in [0.5, 0.6) is 0 Å². The minimum Gasteiger partial charge on any atom is -0.480 e. The summed E-state index contributed by atoms with van der Waals surface area (Å²) in [6, 6.07) is 8.35. The molecule has 21 heavy (non-hydrogen) atoms. The molecule has 1 aromatic carbocycles. The first-order chi connectivity index (χ1) is 9.86. The summed E-state index contributed by atoms with van der Waals surface area (Å²) in [6.45, 7) is 3.56. The second kappa shape index (κ2) is 7.75. The Morgan fingerprint density at radius 1 is 1.29 bits per heavy atom. The van der Waals surface area contributed by atoms with Crippen molar-refractivity contribution in [3.63, 3.8) is 0 Å². The number of nitrogens with one attached hydrogen (secondary N) is 2. The average molecular weight is 294 g/mol. The van der Waals surface area contributed by atoms with Crippen LogP contribution in [0.3, 0.4) is 0 Å². The van der Waals surface area contributed by atoms with Gasteiger partial charge in [0.05, 0.1) is 18.8 Å². The normalized spacial score (nSPS) is 12.7. The van der Waals surface area contributed by atoms with Gasteiger partial charge in [-0.25, -0.2) is 4.79 Å². The third kappa shape index (κ3) is 5.53. The Hall–Kier alpha value is -1.92. The van der Waals surface area contributed by atoms with Crippen LogP contribution in [0.4, 0.5) is 0 Å². The molecule has 0 aliphatic heterocycles. The molecule has 6 heteroatoms. The minimum atomic E-state index is -1.12. The van der Waals surface area contributed by atoms with Crippen molar-refractivity contribution in [2.24, 2.45) is 0 Å². The Labute approximate surface area is 124 Å². The fourth-order valence-corrected chi connectivity index (χ4v) is 1.50. The second-order valence-corrected chi connectivity index (χ2v) is 5.24. The molecule has 3 N–H and O–H groups in total. The number of aliphatic carboxylic acids is 1. The van der Waals surface area contributed by atoms with E-state index >= 15 is 0 Å². The smallest absolute Gasteiger partial charge is 0.328 e. The van der Waals surface area contributed by atoms with Crippen molar-refractivity contribution < 1.29 is 19.4 Å². The van der Waals surface area contributed by atoms with Gasteiger partial charge in [-0.15, -0.1) is 0 Å². The van der Waals surface area contributed by atoms with E-state index in [1.807, 2.05) is 30.3 Å². The van der Waals surface area contributed by atoms with E-state index in [1.54, 1.807) is 20.9 Å². The molecule has 0 fully saturated rings. The SMILES string of the molecule is CNC(C)(C)C(=O)NC(COCc1ccccc1)C(=O)O. The number of carbonyl (C=O) groups excluding carboxylic acids is 1. The molecular formula is C15H22N2O4. The molecule has 1 unspecified atom stereocenters. The van der Waals surface area contributed by atoms with Crippen LogP contribution in [-0.2, 0) is 20.9 Å². The maximum atomic E-state index is 12.0. The molecule has 1 aromatic rings. The summed E-state index contributed by atoms with van der Waals surface area (Å²) in [7, 11) is 1.64. The van der Waals surface area contributed by atoms with Gasteiger partial charge in [0.25, 0.3) is 0 Å². The molecule has 0 radical (unpaired) electrons. The van der Waals surface area contributed by atoms with Crippen molar-refractivity contribution in [3.8, 4) is 0 Å². The summed E-state index contributed by atoms with van der Waals surface area (Å²) in [4.78, 5) is 23.1. The van der Waals surface area contributed by atoms with Crippen molar-refractivity contribution in [2.45, 2.75) is 32.0 Å². The third-order valence-electron chi connectivity index (χ3n) is 3.19. The highest BCUT2D eigenvalue weighted by Gasteiger charge is 2.29. The van der Waals surface area contributed by atoms with Gasteiger partial charge in [-0.2, -0.15) is 0 Å². The molecular weight excluding hydrogens is 272 g/mol. The average Bonchev–Trinajstić information content (AvgIpc) is 2.46. The number of hydrogen-bond donors (Lipinski definition) is 3. The van der Waals surface area contributed by atoms with Gasteiger partial charge in [0.15, 0.2) is 6.04 Å². The van der Waals surface area contributed by atoms with Crippen LogP contribution < -0.4 is 10.6 Å². The van der Waals surface area contributed by atoms with Gasteiger partial charge in [0.1, 0.15) is 0 Å². The zero-order chi connectivity index (χ0) is 15.9. The van der Waals surface area contributed by atoms with Crippen LogP contribution in [0.2, 0.25) is 0 Å². The van der Waals surface area contributed by atoms with Gasteiger partial charge in [-0.1, -0.05) is 30.3 Å². The fraction of sp³-hybridized carbons (Fsp3) is 0.467. The Morgan fingerprint density at radius 2 is 1.90 bits per heavy atom. The molecule has 0 spiro atoms. The summed E-state index contributed by atoms with van der Waals surface area (Å²) in [6.07, 6.45) is 0. The number of carboxylic acid groups (broad SMARTS) is 1. The largest absolute Gasteiger partial charge is 0.480 e. The first kappa shape index (κ1) is 17.1. The van der Waals surface area contributed by atoms with Crippen LogP contribution in [-0.4, -0.2) is 42.2 Å². The van der Waals surface area contributed by atoms with Gasteiger partial charge in [-0.3, -0.25) is 4.79 Å². The highest BCUT2D eigenvalue weighted by Crippen LogP contribution is 2.04. The highest BCUT2D eigenvalue weighted by molar-refractivity contribution is 5.89. The molecule has 0 aliphatic carbocycles. The first-order valence-electron chi connectivity index (χ1n) is 6.71. The van der Waals surface area contributed by atoms with Crippen LogP contribution in [0.25, 0.3) is 0 Å². The second-order valence-electron chi connectivity index (χ2n) is 5.24. The standard InChI is InChI=1S/C15H22N2O4/c1-15(2,16-3)14(20)17-12(13(18)19)10-21-9-11-7-5-4-6-8-11/h4-8,12,16H,9-10H2,1-3H3,(H,17,20)(H,18,19). The molecule has 1 amide bonds.